The highest BCUT2D eigenvalue weighted by atomic mass is 32.2. The molecule has 0 bridgehead atoms. The van der Waals surface area contributed by atoms with Gasteiger partial charge in [0.15, 0.2) is 11.5 Å². The Kier molecular flexibility index (Phi) is 6.87. The minimum Gasteiger partial charge on any atom is -0.493 e. The maximum atomic E-state index is 11.2. The van der Waals surface area contributed by atoms with Gasteiger partial charge < -0.3 is 14.8 Å². The normalized spacial score (nSPS) is 13.9. The van der Waals surface area contributed by atoms with E-state index >= 15 is 0 Å². The molecule has 1 aromatic carbocycles. The third-order valence-electron chi connectivity index (χ3n) is 2.86. The van der Waals surface area contributed by atoms with Gasteiger partial charge in [-0.3, -0.25) is 4.21 Å². The van der Waals surface area contributed by atoms with Crippen LogP contribution in [-0.4, -0.2) is 36.0 Å². The van der Waals surface area contributed by atoms with Crippen molar-refractivity contribution >= 4 is 10.8 Å². The van der Waals surface area contributed by atoms with Gasteiger partial charge in [-0.05, 0) is 31.5 Å². The minimum atomic E-state index is -0.788. The van der Waals surface area contributed by atoms with Gasteiger partial charge in [0.25, 0.3) is 0 Å². The van der Waals surface area contributed by atoms with Gasteiger partial charge in [0.05, 0.1) is 13.7 Å². The zero-order chi connectivity index (χ0) is 14.3. The molecule has 4 nitrogen and oxygen atoms in total. The standard InChI is InChI=1S/C14H23NO3S/c1-5-18-13-7-6-12(8-14(13)17-3)10-15-9-11(2)19(4)16/h6-8,11,15H,5,9-10H2,1-4H3. The van der Waals surface area contributed by atoms with Crippen LogP contribution in [-0.2, 0) is 17.3 Å². The molecule has 0 aliphatic carbocycles. The monoisotopic (exact) mass is 285 g/mol. The van der Waals surface area contributed by atoms with Gasteiger partial charge in [0.1, 0.15) is 0 Å². The van der Waals surface area contributed by atoms with Crippen LogP contribution in [0.2, 0.25) is 0 Å². The topological polar surface area (TPSA) is 47.6 Å². The fraction of sp³-hybridized carbons (Fsp3) is 0.571. The largest absolute Gasteiger partial charge is 0.493 e. The average molecular weight is 285 g/mol. The minimum absolute atomic E-state index is 0.157. The summed E-state index contributed by atoms with van der Waals surface area (Å²) in [4.78, 5) is 0. The quantitative estimate of drug-likeness (QED) is 0.793. The van der Waals surface area contributed by atoms with E-state index in [-0.39, 0.29) is 5.25 Å². The Balaban J connectivity index is 2.57. The zero-order valence-electron chi connectivity index (χ0n) is 12.1. The molecule has 0 radical (unpaired) electrons. The summed E-state index contributed by atoms with van der Waals surface area (Å²) in [6, 6.07) is 5.89. The summed E-state index contributed by atoms with van der Waals surface area (Å²) >= 11 is 0. The fourth-order valence-corrected chi connectivity index (χ4v) is 1.99. The first-order valence-corrected chi connectivity index (χ1v) is 8.03. The Hall–Kier alpha value is -1.07. The molecule has 1 N–H and O–H groups in total. The molecule has 0 amide bonds. The van der Waals surface area contributed by atoms with Gasteiger partial charge in [-0.2, -0.15) is 0 Å². The van der Waals surface area contributed by atoms with Gasteiger partial charge in [0, 0.05) is 35.4 Å². The van der Waals surface area contributed by atoms with Gasteiger partial charge in [-0.1, -0.05) is 6.07 Å². The van der Waals surface area contributed by atoms with Crippen molar-refractivity contribution in [3.63, 3.8) is 0 Å². The second-order valence-corrected chi connectivity index (χ2v) is 6.16. The summed E-state index contributed by atoms with van der Waals surface area (Å²) in [7, 11) is 0.849. The van der Waals surface area contributed by atoms with Crippen LogP contribution in [0.15, 0.2) is 18.2 Å². The van der Waals surface area contributed by atoms with E-state index in [0.29, 0.717) is 6.61 Å². The molecule has 0 heterocycles. The number of benzene rings is 1. The van der Waals surface area contributed by atoms with Crippen molar-refractivity contribution in [2.24, 2.45) is 0 Å². The molecule has 0 saturated heterocycles. The number of ether oxygens (including phenoxy) is 2. The highest BCUT2D eigenvalue weighted by molar-refractivity contribution is 7.84. The van der Waals surface area contributed by atoms with E-state index in [9.17, 15) is 4.21 Å². The zero-order valence-corrected chi connectivity index (χ0v) is 12.9. The van der Waals surface area contributed by atoms with Gasteiger partial charge in [-0.25, -0.2) is 0 Å². The van der Waals surface area contributed by atoms with E-state index in [0.717, 1.165) is 30.2 Å². The molecule has 1 rings (SSSR count). The number of hydrogen-bond donors (Lipinski definition) is 1. The summed E-state index contributed by atoms with van der Waals surface area (Å²) in [6.07, 6.45) is 1.73. The van der Waals surface area contributed by atoms with E-state index in [1.165, 1.54) is 0 Å². The van der Waals surface area contributed by atoms with Crippen molar-refractivity contribution < 1.29 is 13.7 Å². The van der Waals surface area contributed by atoms with Crippen LogP contribution < -0.4 is 14.8 Å². The van der Waals surface area contributed by atoms with Crippen molar-refractivity contribution in [2.45, 2.75) is 25.6 Å². The number of nitrogens with one attached hydrogen (secondary N) is 1. The van der Waals surface area contributed by atoms with E-state index in [4.69, 9.17) is 9.47 Å². The highest BCUT2D eigenvalue weighted by Gasteiger charge is 2.07. The summed E-state index contributed by atoms with van der Waals surface area (Å²) < 4.78 is 22.0. The van der Waals surface area contributed by atoms with Crippen LogP contribution >= 0.6 is 0 Å². The molecule has 2 unspecified atom stereocenters. The summed E-state index contributed by atoms with van der Waals surface area (Å²) in [5.41, 5.74) is 1.12. The first-order chi connectivity index (χ1) is 9.08. The van der Waals surface area contributed by atoms with Gasteiger partial charge >= 0.3 is 0 Å². The third kappa shape index (κ3) is 5.20. The smallest absolute Gasteiger partial charge is 0.161 e. The molecule has 0 spiro atoms. The molecule has 0 aromatic heterocycles. The third-order valence-corrected chi connectivity index (χ3v) is 4.16. The van der Waals surface area contributed by atoms with Crippen molar-refractivity contribution in [3.8, 4) is 11.5 Å². The maximum Gasteiger partial charge on any atom is 0.161 e. The lowest BCUT2D eigenvalue weighted by atomic mass is 10.2. The van der Waals surface area contributed by atoms with Crippen molar-refractivity contribution in [1.82, 2.24) is 5.32 Å². The molecule has 2 atom stereocenters. The lowest BCUT2D eigenvalue weighted by Crippen LogP contribution is -2.27. The SMILES string of the molecule is CCOc1ccc(CNCC(C)S(C)=O)cc1OC. The van der Waals surface area contributed by atoms with E-state index in [2.05, 4.69) is 5.32 Å². The Bertz CT molecular complexity index is 423. The molecule has 0 saturated carbocycles. The Morgan fingerprint density at radius 1 is 1.37 bits per heavy atom. The molecule has 0 fully saturated rings. The number of methoxy groups -OCH3 is 1. The number of hydrogen-bond acceptors (Lipinski definition) is 4. The Morgan fingerprint density at radius 2 is 2.11 bits per heavy atom. The summed E-state index contributed by atoms with van der Waals surface area (Å²) in [5.74, 6) is 1.50. The molecular formula is C14H23NO3S. The van der Waals surface area contributed by atoms with Crippen LogP contribution in [0.5, 0.6) is 11.5 Å². The predicted octanol–water partition coefficient (Wildman–Crippen LogP) is 1.95. The molecular weight excluding hydrogens is 262 g/mol. The number of rotatable bonds is 8. The highest BCUT2D eigenvalue weighted by Crippen LogP contribution is 2.27. The van der Waals surface area contributed by atoms with Crippen molar-refractivity contribution in [1.29, 1.82) is 0 Å². The molecule has 0 aliphatic rings. The van der Waals surface area contributed by atoms with Crippen LogP contribution in [0, 0.1) is 0 Å². The second kappa shape index (κ2) is 8.17. The first-order valence-electron chi connectivity index (χ1n) is 6.41. The summed E-state index contributed by atoms with van der Waals surface area (Å²) in [6.45, 7) is 6.00. The lowest BCUT2D eigenvalue weighted by Gasteiger charge is -2.13. The van der Waals surface area contributed by atoms with Crippen molar-refractivity contribution in [3.05, 3.63) is 23.8 Å². The lowest BCUT2D eigenvalue weighted by molar-refractivity contribution is 0.310. The Morgan fingerprint density at radius 3 is 2.68 bits per heavy atom. The molecule has 0 aliphatic heterocycles. The summed E-state index contributed by atoms with van der Waals surface area (Å²) in [5, 5.41) is 3.45. The van der Waals surface area contributed by atoms with Crippen LogP contribution in [0.1, 0.15) is 19.4 Å². The van der Waals surface area contributed by atoms with Crippen LogP contribution in [0.3, 0.4) is 0 Å². The van der Waals surface area contributed by atoms with Gasteiger partial charge in [0.2, 0.25) is 0 Å². The molecule has 19 heavy (non-hydrogen) atoms. The van der Waals surface area contributed by atoms with Crippen LogP contribution in [0.4, 0.5) is 0 Å². The molecule has 1 aromatic rings. The van der Waals surface area contributed by atoms with E-state index in [1.54, 1.807) is 13.4 Å². The van der Waals surface area contributed by atoms with Crippen molar-refractivity contribution in [2.75, 3.05) is 26.5 Å². The van der Waals surface area contributed by atoms with E-state index < -0.39 is 10.8 Å². The molecule has 108 valence electrons. The van der Waals surface area contributed by atoms with E-state index in [1.807, 2.05) is 32.0 Å². The predicted molar refractivity (Wildman–Crippen MR) is 79.4 cm³/mol. The average Bonchev–Trinajstić information content (AvgIpc) is 2.40. The second-order valence-electron chi connectivity index (χ2n) is 4.36. The van der Waals surface area contributed by atoms with Crippen LogP contribution in [0.25, 0.3) is 0 Å². The fourth-order valence-electron chi connectivity index (χ4n) is 1.63. The Labute approximate surface area is 118 Å². The molecule has 5 heteroatoms. The maximum absolute atomic E-state index is 11.2. The first kappa shape index (κ1) is 16.0. The van der Waals surface area contributed by atoms with Gasteiger partial charge in [-0.15, -0.1) is 0 Å².